The molecule has 0 atom stereocenters. The molecule has 0 aliphatic rings. The van der Waals surface area contributed by atoms with E-state index in [4.69, 9.17) is 27.9 Å². The van der Waals surface area contributed by atoms with E-state index in [-0.39, 0.29) is 80.0 Å². The van der Waals surface area contributed by atoms with Crippen LogP contribution in [0, 0.1) is 0 Å². The summed E-state index contributed by atoms with van der Waals surface area (Å²) in [6, 6.07) is 15.7. The maximum Gasteiger partial charge on any atom is 1.00 e. The molecule has 1 amide bonds. The molecule has 0 fully saturated rings. The van der Waals surface area contributed by atoms with Crippen LogP contribution in [-0.4, -0.2) is 25.5 Å². The van der Waals surface area contributed by atoms with Crippen LogP contribution in [-0.2, 0) is 16.5 Å². The number of hydrogen-bond donors (Lipinski definition) is 2. The van der Waals surface area contributed by atoms with Gasteiger partial charge in [-0.3, -0.25) is 9.35 Å². The van der Waals surface area contributed by atoms with E-state index in [9.17, 15) is 22.9 Å². The summed E-state index contributed by atoms with van der Waals surface area (Å²) >= 11 is 12.3. The summed E-state index contributed by atoms with van der Waals surface area (Å²) in [5, 5.41) is 25.6. The number of benzene rings is 4. The second-order valence-corrected chi connectivity index (χ2v) is 10.4. The smallest absolute Gasteiger partial charge is 0.870 e. The van der Waals surface area contributed by atoms with Gasteiger partial charge in [0.05, 0.1) is 23.0 Å². The molecule has 40 heavy (non-hydrogen) atoms. The largest absolute Gasteiger partial charge is 1.00 e. The van der Waals surface area contributed by atoms with Gasteiger partial charge < -0.3 is 15.2 Å². The molecule has 2 N–H and O–H groups in total. The molecule has 0 aromatic heterocycles. The quantitative estimate of drug-likeness (QED) is 0.175. The molecule has 0 saturated heterocycles. The van der Waals surface area contributed by atoms with E-state index in [0.29, 0.717) is 17.4 Å². The van der Waals surface area contributed by atoms with Gasteiger partial charge in [0.25, 0.3) is 16.0 Å². The summed E-state index contributed by atoms with van der Waals surface area (Å²) in [4.78, 5) is 12.8. The summed E-state index contributed by atoms with van der Waals surface area (Å²) in [5.74, 6) is -1.22. The number of nitrogens with one attached hydrogen (secondary N) is 1. The van der Waals surface area contributed by atoms with E-state index < -0.39 is 26.7 Å². The summed E-state index contributed by atoms with van der Waals surface area (Å²) in [6.45, 7) is 3.73. The van der Waals surface area contributed by atoms with Crippen molar-refractivity contribution in [2.24, 2.45) is 10.2 Å². The van der Waals surface area contributed by atoms with Crippen LogP contribution >= 0.6 is 23.2 Å². The molecule has 9 nitrogen and oxygen atoms in total. The average molecular weight is 610 g/mol. The number of para-hydroxylation sites is 1. The first-order valence-electron chi connectivity index (χ1n) is 11.7. The fourth-order valence-electron chi connectivity index (χ4n) is 4.06. The minimum Gasteiger partial charge on any atom is -0.870 e. The molecule has 0 bridgehead atoms. The van der Waals surface area contributed by atoms with Crippen LogP contribution in [0.2, 0.25) is 10.0 Å². The van der Waals surface area contributed by atoms with E-state index in [1.165, 1.54) is 18.2 Å². The van der Waals surface area contributed by atoms with Gasteiger partial charge >= 0.3 is 29.6 Å². The molecule has 0 saturated carbocycles. The molecule has 0 spiro atoms. The number of carbonyl (C=O) groups is 1. The third-order valence-corrected chi connectivity index (χ3v) is 7.40. The van der Waals surface area contributed by atoms with E-state index in [1.807, 2.05) is 0 Å². The molecule has 0 heterocycles. The number of azo groups is 1. The molecule has 4 rings (SSSR count). The van der Waals surface area contributed by atoms with E-state index in [0.717, 1.165) is 0 Å². The number of rotatable bonds is 8. The topological polar surface area (TPSA) is 140 Å². The molecule has 0 aliphatic carbocycles. The molecule has 4 aromatic rings. The van der Waals surface area contributed by atoms with E-state index >= 15 is 0 Å². The molecule has 0 aliphatic heterocycles. The average Bonchev–Trinajstić information content (AvgIpc) is 2.89. The van der Waals surface area contributed by atoms with Crippen LogP contribution in [0.3, 0.4) is 0 Å². The van der Waals surface area contributed by atoms with Crippen molar-refractivity contribution in [3.8, 4) is 11.5 Å². The minimum absolute atomic E-state index is 0. The summed E-state index contributed by atoms with van der Waals surface area (Å²) < 4.78 is 39.7. The number of halogens is 2. The Morgan fingerprint density at radius 2 is 1.75 bits per heavy atom. The zero-order valence-electron chi connectivity index (χ0n) is 21.7. The SMILES string of the molecule is CCOc1c(Cl)cccc1NC(=O)c1cc2ccccc2c(N=Nc2ccc(Cl)c(CC)c2S(=O)(=O)O)c1[O-].[Na+]. The predicted molar refractivity (Wildman–Crippen MR) is 149 cm³/mol. The fraction of sp³-hybridized carbons (Fsp3) is 0.148. The number of ether oxygens (including phenoxy) is 1. The van der Waals surface area contributed by atoms with Crippen LogP contribution in [0.5, 0.6) is 11.5 Å². The van der Waals surface area contributed by atoms with Gasteiger partial charge in [0.1, 0.15) is 10.6 Å². The zero-order valence-corrected chi connectivity index (χ0v) is 26.1. The van der Waals surface area contributed by atoms with Crippen molar-refractivity contribution in [3.63, 3.8) is 0 Å². The Labute approximate surface area is 263 Å². The monoisotopic (exact) mass is 609 g/mol. The summed E-state index contributed by atoms with van der Waals surface area (Å²) in [7, 11) is -4.73. The number of carbonyl (C=O) groups excluding carboxylic acids is 1. The minimum atomic E-state index is -4.73. The molecule has 4 aromatic carbocycles. The molecular formula is C27H22Cl2N3NaO6S. The van der Waals surface area contributed by atoms with Gasteiger partial charge in [-0.25, -0.2) is 0 Å². The van der Waals surface area contributed by atoms with Crippen molar-refractivity contribution >= 4 is 67.1 Å². The molecule has 0 radical (unpaired) electrons. The molecular weight excluding hydrogens is 588 g/mol. The standard InChI is InChI=1S/C27H23Cl2N3O6S.Na/c1-3-16-19(28)12-13-22(26(16)39(35,36)37)31-32-23-17-9-6-5-8-15(17)14-18(24(23)33)27(34)30-21-11-7-10-20(29)25(21)38-4-2;/h5-14,33H,3-4H2,1-2H3,(H,30,34)(H,35,36,37);/q;+1/p-1. The maximum absolute atomic E-state index is 13.5. The van der Waals surface area contributed by atoms with Crippen LogP contribution in [0.15, 0.2) is 75.8 Å². The number of nitrogens with zero attached hydrogens (tertiary/aromatic N) is 2. The summed E-state index contributed by atoms with van der Waals surface area (Å²) in [6.07, 6.45) is 0.190. The first kappa shape index (κ1) is 31.8. The molecule has 202 valence electrons. The van der Waals surface area contributed by atoms with Gasteiger partial charge in [-0.15, -0.1) is 5.11 Å². The Hall–Kier alpha value is -2.70. The first-order valence-corrected chi connectivity index (χ1v) is 13.9. The third kappa shape index (κ3) is 6.60. The van der Waals surface area contributed by atoms with Gasteiger partial charge in [0.2, 0.25) is 0 Å². The van der Waals surface area contributed by atoms with Crippen LogP contribution in [0.25, 0.3) is 10.8 Å². The normalized spacial score (nSPS) is 11.4. The van der Waals surface area contributed by atoms with Gasteiger partial charge in [0, 0.05) is 16.0 Å². The van der Waals surface area contributed by atoms with Crippen molar-refractivity contribution in [1.29, 1.82) is 0 Å². The Morgan fingerprint density at radius 1 is 1.02 bits per heavy atom. The fourth-order valence-corrected chi connectivity index (χ4v) is 5.57. The predicted octanol–water partition coefficient (Wildman–Crippen LogP) is 4.10. The van der Waals surface area contributed by atoms with Gasteiger partial charge in [-0.05, 0) is 54.6 Å². The number of anilines is 1. The second-order valence-electron chi connectivity index (χ2n) is 8.23. The number of hydrogen-bond acceptors (Lipinski definition) is 7. The van der Waals surface area contributed by atoms with Crippen molar-refractivity contribution in [3.05, 3.63) is 81.8 Å². The van der Waals surface area contributed by atoms with Crippen molar-refractivity contribution in [2.45, 2.75) is 25.2 Å². The van der Waals surface area contributed by atoms with Gasteiger partial charge in [-0.1, -0.05) is 66.2 Å². The van der Waals surface area contributed by atoms with Crippen LogP contribution in [0.4, 0.5) is 17.1 Å². The third-order valence-electron chi connectivity index (χ3n) is 5.78. The first-order chi connectivity index (χ1) is 18.6. The Bertz CT molecular complexity index is 1730. The molecule has 0 unspecified atom stereocenters. The Balaban J connectivity index is 0.00000441. The van der Waals surface area contributed by atoms with Crippen LogP contribution < -0.4 is 44.7 Å². The number of amides is 1. The van der Waals surface area contributed by atoms with E-state index in [2.05, 4.69) is 15.5 Å². The zero-order chi connectivity index (χ0) is 28.3. The summed E-state index contributed by atoms with van der Waals surface area (Å²) in [5.41, 5.74) is -0.204. The Morgan fingerprint density at radius 3 is 2.42 bits per heavy atom. The van der Waals surface area contributed by atoms with Crippen molar-refractivity contribution in [1.82, 2.24) is 0 Å². The van der Waals surface area contributed by atoms with Crippen molar-refractivity contribution < 1.29 is 57.2 Å². The Kier molecular flexibility index (Phi) is 10.6. The van der Waals surface area contributed by atoms with E-state index in [1.54, 1.807) is 56.3 Å². The molecule has 13 heteroatoms. The maximum atomic E-state index is 13.5. The van der Waals surface area contributed by atoms with Gasteiger partial charge in [0.15, 0.2) is 5.75 Å². The van der Waals surface area contributed by atoms with Crippen molar-refractivity contribution in [2.75, 3.05) is 11.9 Å². The number of fused-ring (bicyclic) bond motifs is 1. The van der Waals surface area contributed by atoms with Crippen LogP contribution in [0.1, 0.15) is 29.8 Å². The second kappa shape index (κ2) is 13.3. The van der Waals surface area contributed by atoms with Gasteiger partial charge in [-0.2, -0.15) is 13.5 Å².